The van der Waals surface area contributed by atoms with Gasteiger partial charge >= 0.3 is 5.97 Å². The van der Waals surface area contributed by atoms with Crippen LogP contribution in [0.2, 0.25) is 0 Å². The van der Waals surface area contributed by atoms with Crippen molar-refractivity contribution in [2.75, 3.05) is 6.54 Å². The summed E-state index contributed by atoms with van der Waals surface area (Å²) in [6.07, 6.45) is 2.49. The Hall–Kier alpha value is -1.06. The number of hydrogen-bond acceptors (Lipinski definition) is 2. The highest BCUT2D eigenvalue weighted by molar-refractivity contribution is 5.78. The topological polar surface area (TPSA) is 57.6 Å². The maximum atomic E-state index is 12.0. The highest BCUT2D eigenvalue weighted by Crippen LogP contribution is 2.28. The Kier molecular flexibility index (Phi) is 3.94. The van der Waals surface area contributed by atoms with Gasteiger partial charge in [-0.15, -0.1) is 0 Å². The van der Waals surface area contributed by atoms with Crippen LogP contribution in [0.25, 0.3) is 0 Å². The second-order valence-corrected chi connectivity index (χ2v) is 5.49. The fraction of sp³-hybridized carbons (Fsp3) is 0.833. The molecule has 1 rings (SSSR count). The average Bonchev–Trinajstić information content (AvgIpc) is 2.47. The highest BCUT2D eigenvalue weighted by atomic mass is 16.4. The molecule has 0 bridgehead atoms. The molecule has 1 saturated heterocycles. The van der Waals surface area contributed by atoms with Crippen molar-refractivity contribution in [3.63, 3.8) is 0 Å². The summed E-state index contributed by atoms with van der Waals surface area (Å²) in [5, 5.41) is 8.75. The molecule has 0 aromatic rings. The van der Waals surface area contributed by atoms with E-state index in [4.69, 9.17) is 5.11 Å². The second-order valence-electron chi connectivity index (χ2n) is 5.49. The molecule has 0 radical (unpaired) electrons. The Bertz CT molecular complexity index is 286. The first-order chi connectivity index (χ1) is 7.32. The van der Waals surface area contributed by atoms with Gasteiger partial charge < -0.3 is 10.0 Å². The Morgan fingerprint density at radius 1 is 1.38 bits per heavy atom. The van der Waals surface area contributed by atoms with E-state index in [-0.39, 0.29) is 12.3 Å². The summed E-state index contributed by atoms with van der Waals surface area (Å²) >= 11 is 0. The molecule has 4 nitrogen and oxygen atoms in total. The van der Waals surface area contributed by atoms with Crippen molar-refractivity contribution in [3.8, 4) is 0 Å². The summed E-state index contributed by atoms with van der Waals surface area (Å²) in [6.45, 7) is 6.54. The first-order valence-electron chi connectivity index (χ1n) is 5.83. The molecular weight excluding hydrogens is 206 g/mol. The molecule has 0 aliphatic carbocycles. The predicted molar refractivity (Wildman–Crippen MR) is 61.1 cm³/mol. The monoisotopic (exact) mass is 227 g/mol. The minimum Gasteiger partial charge on any atom is -0.481 e. The molecular formula is C12H21NO3. The number of nitrogens with zero attached hydrogens (tertiary/aromatic N) is 1. The van der Waals surface area contributed by atoms with Gasteiger partial charge in [0, 0.05) is 19.0 Å². The summed E-state index contributed by atoms with van der Waals surface area (Å²) < 4.78 is 0. The Balaban J connectivity index is 2.52. The number of carboxylic acid groups (broad SMARTS) is 1. The molecule has 0 saturated carbocycles. The van der Waals surface area contributed by atoms with E-state index in [1.165, 1.54) is 0 Å². The van der Waals surface area contributed by atoms with Crippen LogP contribution in [0.4, 0.5) is 0 Å². The van der Waals surface area contributed by atoms with E-state index >= 15 is 0 Å². The van der Waals surface area contributed by atoms with Crippen LogP contribution in [0.1, 0.15) is 46.5 Å². The van der Waals surface area contributed by atoms with Crippen molar-refractivity contribution in [3.05, 3.63) is 0 Å². The van der Waals surface area contributed by atoms with Gasteiger partial charge in [0.1, 0.15) is 0 Å². The van der Waals surface area contributed by atoms with Gasteiger partial charge in [0.15, 0.2) is 0 Å². The third-order valence-electron chi connectivity index (χ3n) is 3.13. The first-order valence-corrected chi connectivity index (χ1v) is 5.83. The summed E-state index contributed by atoms with van der Waals surface area (Å²) in [4.78, 5) is 24.5. The molecule has 0 spiro atoms. The van der Waals surface area contributed by atoms with Gasteiger partial charge in [0.05, 0.1) is 6.42 Å². The molecule has 1 atom stereocenters. The normalized spacial score (nSPS) is 21.2. The van der Waals surface area contributed by atoms with Gasteiger partial charge in [-0.3, -0.25) is 9.59 Å². The largest absolute Gasteiger partial charge is 0.481 e. The van der Waals surface area contributed by atoms with Crippen LogP contribution in [-0.4, -0.2) is 34.5 Å². The van der Waals surface area contributed by atoms with Gasteiger partial charge in [0.2, 0.25) is 5.91 Å². The van der Waals surface area contributed by atoms with Crippen LogP contribution in [0.15, 0.2) is 0 Å². The zero-order valence-corrected chi connectivity index (χ0v) is 10.3. The van der Waals surface area contributed by atoms with Crippen LogP contribution in [0.5, 0.6) is 0 Å². The molecule has 0 aromatic heterocycles. The lowest BCUT2D eigenvalue weighted by atomic mass is 9.85. The first kappa shape index (κ1) is 13.0. The van der Waals surface area contributed by atoms with Gasteiger partial charge in [-0.05, 0) is 25.2 Å². The molecule has 92 valence electrons. The lowest BCUT2D eigenvalue weighted by Gasteiger charge is -2.27. The number of carbonyl (C=O) groups excluding carboxylic acids is 1. The summed E-state index contributed by atoms with van der Waals surface area (Å²) in [6, 6.07) is 0.313. The standard InChI is InChI=1S/C12H21NO3/c1-9-5-4-6-13(9)10(14)7-12(2,3)8-11(15)16/h9H,4-8H2,1-3H3,(H,15,16). The van der Waals surface area contributed by atoms with Crippen LogP contribution >= 0.6 is 0 Å². The van der Waals surface area contributed by atoms with E-state index < -0.39 is 11.4 Å². The number of amides is 1. The molecule has 1 aliphatic heterocycles. The zero-order chi connectivity index (χ0) is 12.3. The lowest BCUT2D eigenvalue weighted by molar-refractivity contribution is -0.140. The molecule has 0 aromatic carbocycles. The predicted octanol–water partition coefficient (Wildman–Crippen LogP) is 1.89. The van der Waals surface area contributed by atoms with E-state index in [1.807, 2.05) is 18.7 Å². The number of hydrogen-bond donors (Lipinski definition) is 1. The van der Waals surface area contributed by atoms with Crippen LogP contribution in [0.3, 0.4) is 0 Å². The number of aliphatic carboxylic acids is 1. The number of rotatable bonds is 4. The molecule has 1 amide bonds. The van der Waals surface area contributed by atoms with E-state index in [9.17, 15) is 9.59 Å². The van der Waals surface area contributed by atoms with Gasteiger partial charge in [-0.2, -0.15) is 0 Å². The third kappa shape index (κ3) is 3.51. The maximum Gasteiger partial charge on any atom is 0.303 e. The van der Waals surface area contributed by atoms with Crippen LogP contribution in [-0.2, 0) is 9.59 Å². The molecule has 1 fully saturated rings. The summed E-state index contributed by atoms with van der Waals surface area (Å²) in [5.41, 5.74) is -0.453. The van der Waals surface area contributed by atoms with Gasteiger partial charge in [-0.1, -0.05) is 13.8 Å². The van der Waals surface area contributed by atoms with Crippen molar-refractivity contribution in [1.29, 1.82) is 0 Å². The quantitative estimate of drug-likeness (QED) is 0.797. The Labute approximate surface area is 96.6 Å². The fourth-order valence-electron chi connectivity index (χ4n) is 2.29. The minimum absolute atomic E-state index is 0.0426. The van der Waals surface area contributed by atoms with E-state index in [1.54, 1.807) is 0 Å². The molecule has 1 heterocycles. The Morgan fingerprint density at radius 2 is 2.00 bits per heavy atom. The average molecular weight is 227 g/mol. The van der Waals surface area contributed by atoms with Gasteiger partial charge in [0.25, 0.3) is 0 Å². The molecule has 1 unspecified atom stereocenters. The van der Waals surface area contributed by atoms with Gasteiger partial charge in [-0.25, -0.2) is 0 Å². The van der Waals surface area contributed by atoms with E-state index in [0.717, 1.165) is 19.4 Å². The molecule has 1 aliphatic rings. The van der Waals surface area contributed by atoms with E-state index in [0.29, 0.717) is 12.5 Å². The third-order valence-corrected chi connectivity index (χ3v) is 3.13. The molecule has 16 heavy (non-hydrogen) atoms. The highest BCUT2D eigenvalue weighted by Gasteiger charge is 2.31. The van der Waals surface area contributed by atoms with Crippen molar-refractivity contribution in [2.45, 2.75) is 52.5 Å². The number of carbonyl (C=O) groups is 2. The molecule has 4 heteroatoms. The number of carboxylic acids is 1. The van der Waals surface area contributed by atoms with Crippen molar-refractivity contribution in [2.24, 2.45) is 5.41 Å². The van der Waals surface area contributed by atoms with Crippen LogP contribution < -0.4 is 0 Å². The fourth-order valence-corrected chi connectivity index (χ4v) is 2.29. The van der Waals surface area contributed by atoms with Crippen molar-refractivity contribution < 1.29 is 14.7 Å². The minimum atomic E-state index is -0.840. The Morgan fingerprint density at radius 3 is 2.44 bits per heavy atom. The van der Waals surface area contributed by atoms with Crippen molar-refractivity contribution in [1.82, 2.24) is 4.90 Å². The zero-order valence-electron chi connectivity index (χ0n) is 10.3. The lowest BCUT2D eigenvalue weighted by Crippen LogP contribution is -2.36. The number of likely N-dealkylation sites (tertiary alicyclic amines) is 1. The maximum absolute atomic E-state index is 12.0. The molecule has 1 N–H and O–H groups in total. The SMILES string of the molecule is CC1CCCN1C(=O)CC(C)(C)CC(=O)O. The van der Waals surface area contributed by atoms with Crippen LogP contribution in [0, 0.1) is 5.41 Å². The summed E-state index contributed by atoms with van der Waals surface area (Å²) in [5.74, 6) is -0.747. The summed E-state index contributed by atoms with van der Waals surface area (Å²) in [7, 11) is 0. The second kappa shape index (κ2) is 4.85. The van der Waals surface area contributed by atoms with E-state index in [2.05, 4.69) is 6.92 Å². The smallest absolute Gasteiger partial charge is 0.303 e. The van der Waals surface area contributed by atoms with Crippen molar-refractivity contribution >= 4 is 11.9 Å².